The van der Waals surface area contributed by atoms with Gasteiger partial charge in [-0.15, -0.1) is 11.3 Å². The lowest BCUT2D eigenvalue weighted by molar-refractivity contribution is 0.130. The molecule has 0 unspecified atom stereocenters. The molecular weight excluding hydrogens is 302 g/mol. The third kappa shape index (κ3) is 2.73. The third-order valence-electron chi connectivity index (χ3n) is 2.94. The number of carbonyl (C=O) groups excluding carboxylic acids is 1. The summed E-state index contributed by atoms with van der Waals surface area (Å²) in [6, 6.07) is 5.29. The largest absolute Gasteiger partial charge is 0.447 e. The van der Waals surface area contributed by atoms with E-state index in [-0.39, 0.29) is 6.10 Å². The molecule has 3 rings (SSSR count). The van der Waals surface area contributed by atoms with E-state index in [1.54, 1.807) is 37.6 Å². The highest BCUT2D eigenvalue weighted by Gasteiger charge is 2.13. The molecule has 1 aromatic carbocycles. The molecule has 22 heavy (non-hydrogen) atoms. The lowest BCUT2D eigenvalue weighted by atomic mass is 10.3. The maximum atomic E-state index is 11.6. The average molecular weight is 317 g/mol. The number of amides is 1. The summed E-state index contributed by atoms with van der Waals surface area (Å²) in [6.07, 6.45) is -0.683. The number of nitrogen functional groups attached to an aromatic ring is 1. The molecule has 0 aliphatic heterocycles. The van der Waals surface area contributed by atoms with Gasteiger partial charge in [0.2, 0.25) is 0 Å². The van der Waals surface area contributed by atoms with Crippen molar-refractivity contribution >= 4 is 34.2 Å². The van der Waals surface area contributed by atoms with Crippen molar-refractivity contribution in [1.29, 1.82) is 0 Å². The molecule has 0 saturated heterocycles. The molecule has 0 fully saturated rings. The minimum Gasteiger partial charge on any atom is -0.447 e. The Morgan fingerprint density at radius 1 is 1.45 bits per heavy atom. The Balaban J connectivity index is 1.93. The Morgan fingerprint density at radius 3 is 2.95 bits per heavy atom. The Labute approximate surface area is 130 Å². The van der Waals surface area contributed by atoms with E-state index in [9.17, 15) is 4.79 Å². The molecule has 114 valence electrons. The van der Waals surface area contributed by atoms with E-state index in [4.69, 9.17) is 10.6 Å². The van der Waals surface area contributed by atoms with Gasteiger partial charge in [-0.25, -0.2) is 19.4 Å². The summed E-state index contributed by atoms with van der Waals surface area (Å²) in [4.78, 5) is 20.3. The predicted octanol–water partition coefficient (Wildman–Crippen LogP) is 2.83. The third-order valence-corrected chi connectivity index (χ3v) is 3.53. The van der Waals surface area contributed by atoms with Crippen molar-refractivity contribution in [3.05, 3.63) is 29.1 Å². The van der Waals surface area contributed by atoms with E-state index in [0.29, 0.717) is 17.0 Å². The number of aromatic nitrogens is 3. The second kappa shape index (κ2) is 5.64. The van der Waals surface area contributed by atoms with E-state index in [2.05, 4.69) is 15.3 Å². The maximum Gasteiger partial charge on any atom is 0.411 e. The Bertz CT molecular complexity index is 810. The first-order valence-corrected chi connectivity index (χ1v) is 7.62. The van der Waals surface area contributed by atoms with Crippen molar-refractivity contribution in [3.8, 4) is 11.5 Å². The molecule has 2 aromatic heterocycles. The molecule has 7 nitrogen and oxygen atoms in total. The molecule has 0 aliphatic carbocycles. The molecule has 3 N–H and O–H groups in total. The lowest BCUT2D eigenvalue weighted by Gasteiger charge is -2.09. The highest BCUT2D eigenvalue weighted by atomic mass is 32.1. The standard InChI is InChI=1S/C14H15N5O2S/c1-8(2)21-14(20)17-9-3-4-10-12(5-9)19(15)13(18-10)11-6-22-7-16-11/h3-8H,15H2,1-2H3,(H,17,20). The zero-order valence-electron chi connectivity index (χ0n) is 12.1. The number of rotatable bonds is 3. The predicted molar refractivity (Wildman–Crippen MR) is 86.2 cm³/mol. The van der Waals surface area contributed by atoms with Crippen LogP contribution in [0.5, 0.6) is 0 Å². The van der Waals surface area contributed by atoms with Crippen LogP contribution in [-0.4, -0.2) is 26.8 Å². The summed E-state index contributed by atoms with van der Waals surface area (Å²) in [7, 11) is 0. The summed E-state index contributed by atoms with van der Waals surface area (Å²) in [5, 5.41) is 4.54. The fourth-order valence-electron chi connectivity index (χ4n) is 2.04. The van der Waals surface area contributed by atoms with Crippen molar-refractivity contribution in [2.24, 2.45) is 0 Å². The van der Waals surface area contributed by atoms with E-state index < -0.39 is 6.09 Å². The van der Waals surface area contributed by atoms with Crippen LogP contribution in [0.3, 0.4) is 0 Å². The first-order valence-electron chi connectivity index (χ1n) is 6.68. The monoisotopic (exact) mass is 317 g/mol. The Hall–Kier alpha value is -2.61. The van der Waals surface area contributed by atoms with Gasteiger partial charge in [-0.3, -0.25) is 5.32 Å². The molecule has 0 bridgehead atoms. The summed E-state index contributed by atoms with van der Waals surface area (Å²) >= 11 is 1.48. The smallest absolute Gasteiger partial charge is 0.411 e. The first kappa shape index (κ1) is 14.3. The Kier molecular flexibility index (Phi) is 3.68. The van der Waals surface area contributed by atoms with Gasteiger partial charge in [0, 0.05) is 11.1 Å². The topological polar surface area (TPSA) is 95.1 Å². The average Bonchev–Trinajstić information content (AvgIpc) is 3.06. The van der Waals surface area contributed by atoms with Crippen molar-refractivity contribution in [3.63, 3.8) is 0 Å². The zero-order chi connectivity index (χ0) is 15.7. The second-order valence-corrected chi connectivity index (χ2v) is 5.68. The number of fused-ring (bicyclic) bond motifs is 1. The van der Waals surface area contributed by atoms with Crippen molar-refractivity contribution in [1.82, 2.24) is 14.6 Å². The van der Waals surface area contributed by atoms with Gasteiger partial charge in [-0.2, -0.15) is 0 Å². The molecule has 0 spiro atoms. The summed E-state index contributed by atoms with van der Waals surface area (Å²) < 4.78 is 6.51. The van der Waals surface area contributed by atoms with Crippen LogP contribution in [-0.2, 0) is 4.74 Å². The van der Waals surface area contributed by atoms with E-state index in [1.165, 1.54) is 16.0 Å². The quantitative estimate of drug-likeness (QED) is 0.724. The van der Waals surface area contributed by atoms with Crippen LogP contribution in [0.15, 0.2) is 29.1 Å². The summed E-state index contributed by atoms with van der Waals surface area (Å²) in [5.74, 6) is 6.67. The van der Waals surface area contributed by atoms with Gasteiger partial charge >= 0.3 is 6.09 Å². The first-order chi connectivity index (χ1) is 10.5. The van der Waals surface area contributed by atoms with Gasteiger partial charge in [0.25, 0.3) is 0 Å². The number of imidazole rings is 1. The molecule has 0 aliphatic rings. The number of nitrogens with zero attached hydrogens (tertiary/aromatic N) is 3. The molecule has 2 heterocycles. The molecule has 8 heteroatoms. The zero-order valence-corrected chi connectivity index (χ0v) is 12.9. The van der Waals surface area contributed by atoms with Crippen molar-refractivity contribution < 1.29 is 9.53 Å². The molecule has 0 radical (unpaired) electrons. The SMILES string of the molecule is CC(C)OC(=O)Nc1ccc2nc(-c3cscn3)n(N)c2c1. The number of ether oxygens (including phenoxy) is 1. The van der Waals surface area contributed by atoms with E-state index in [0.717, 1.165) is 11.2 Å². The van der Waals surface area contributed by atoms with Gasteiger partial charge in [-0.1, -0.05) is 0 Å². The van der Waals surface area contributed by atoms with Gasteiger partial charge < -0.3 is 10.6 Å². The number of nitrogens with one attached hydrogen (secondary N) is 1. The van der Waals surface area contributed by atoms with Crippen LogP contribution in [0, 0.1) is 0 Å². The number of nitrogens with two attached hydrogens (primary N) is 1. The lowest BCUT2D eigenvalue weighted by Crippen LogP contribution is -2.18. The van der Waals surface area contributed by atoms with Crippen LogP contribution < -0.4 is 11.2 Å². The number of hydrogen-bond acceptors (Lipinski definition) is 6. The fraction of sp³-hybridized carbons (Fsp3) is 0.214. The second-order valence-electron chi connectivity index (χ2n) is 4.96. The van der Waals surface area contributed by atoms with Crippen LogP contribution in [0.2, 0.25) is 0 Å². The number of thiazole rings is 1. The molecule has 0 saturated carbocycles. The van der Waals surface area contributed by atoms with Crippen molar-refractivity contribution in [2.45, 2.75) is 20.0 Å². The van der Waals surface area contributed by atoms with Gasteiger partial charge in [0.1, 0.15) is 5.69 Å². The number of anilines is 1. The number of benzene rings is 1. The minimum absolute atomic E-state index is 0.181. The Morgan fingerprint density at radius 2 is 2.27 bits per heavy atom. The van der Waals surface area contributed by atoms with Crippen LogP contribution >= 0.6 is 11.3 Å². The minimum atomic E-state index is -0.503. The normalized spacial score (nSPS) is 11.0. The molecular formula is C14H15N5O2S. The fourth-order valence-corrected chi connectivity index (χ4v) is 2.57. The van der Waals surface area contributed by atoms with Gasteiger partial charge in [-0.05, 0) is 32.0 Å². The van der Waals surface area contributed by atoms with Crippen LogP contribution in [0.1, 0.15) is 13.8 Å². The van der Waals surface area contributed by atoms with E-state index in [1.807, 2.05) is 5.38 Å². The number of carbonyl (C=O) groups is 1. The molecule has 1 amide bonds. The molecule has 3 aromatic rings. The highest BCUT2D eigenvalue weighted by Crippen LogP contribution is 2.24. The van der Waals surface area contributed by atoms with E-state index >= 15 is 0 Å². The summed E-state index contributed by atoms with van der Waals surface area (Å²) in [6.45, 7) is 3.58. The maximum absolute atomic E-state index is 11.6. The summed E-state index contributed by atoms with van der Waals surface area (Å²) in [5.41, 5.74) is 4.47. The van der Waals surface area contributed by atoms with Gasteiger partial charge in [0.05, 0.1) is 22.6 Å². The molecule has 0 atom stereocenters. The number of hydrogen-bond donors (Lipinski definition) is 2. The van der Waals surface area contributed by atoms with Crippen LogP contribution in [0.25, 0.3) is 22.6 Å². The van der Waals surface area contributed by atoms with Gasteiger partial charge in [0.15, 0.2) is 5.82 Å². The van der Waals surface area contributed by atoms with Crippen LogP contribution in [0.4, 0.5) is 10.5 Å². The van der Waals surface area contributed by atoms with Crippen molar-refractivity contribution in [2.75, 3.05) is 11.2 Å². The highest BCUT2D eigenvalue weighted by molar-refractivity contribution is 7.07.